The van der Waals surface area contributed by atoms with Crippen LogP contribution in [-0.4, -0.2) is 15.5 Å². The number of nitrogens with zero attached hydrogens (tertiary/aromatic N) is 3. The predicted octanol–water partition coefficient (Wildman–Crippen LogP) is 1.80. The van der Waals surface area contributed by atoms with Crippen LogP contribution in [0.5, 0.6) is 0 Å². The normalized spacial score (nSPS) is 11.3. The van der Waals surface area contributed by atoms with Crippen molar-refractivity contribution in [3.05, 3.63) is 42.5 Å². The van der Waals surface area contributed by atoms with Crippen molar-refractivity contribution in [3.63, 3.8) is 0 Å². The number of hydrogen-bond donors (Lipinski definition) is 2. The van der Waals surface area contributed by atoms with Crippen molar-refractivity contribution < 1.29 is 13.2 Å². The molecule has 0 spiro atoms. The molecule has 2 rings (SSSR count). The average Bonchev–Trinajstić information content (AvgIpc) is 2.80. The van der Waals surface area contributed by atoms with Crippen molar-refractivity contribution in [1.82, 2.24) is 9.55 Å². The smallest absolute Gasteiger partial charge is 0.370 e. The summed E-state index contributed by atoms with van der Waals surface area (Å²) in [5, 5.41) is 0. The first kappa shape index (κ1) is 12.9. The van der Waals surface area contributed by atoms with Crippen molar-refractivity contribution in [3.8, 4) is 5.69 Å². The maximum absolute atomic E-state index is 12.9. The third-order valence-corrected chi connectivity index (χ3v) is 2.34. The van der Waals surface area contributed by atoms with Crippen LogP contribution in [0.1, 0.15) is 5.56 Å². The Kier molecular flexibility index (Phi) is 3.16. The molecule has 0 aliphatic rings. The standard InChI is InChI=1S/C11H10F3N5/c12-11(13,14)8-5-7(19-4-3-17-6-19)1-2-9(8)18-10(15)16/h1-6H,(H4,15,16,18). The number of aliphatic imine (C=N–C) groups is 1. The Labute approximate surface area is 106 Å². The highest BCUT2D eigenvalue weighted by molar-refractivity contribution is 5.79. The second kappa shape index (κ2) is 4.63. The lowest BCUT2D eigenvalue weighted by Crippen LogP contribution is -2.22. The zero-order chi connectivity index (χ0) is 14.0. The Balaban J connectivity index is 2.57. The van der Waals surface area contributed by atoms with Crippen LogP contribution in [0.15, 0.2) is 41.9 Å². The third-order valence-electron chi connectivity index (χ3n) is 2.34. The van der Waals surface area contributed by atoms with E-state index in [0.717, 1.165) is 6.07 Å². The zero-order valence-electron chi connectivity index (χ0n) is 9.59. The lowest BCUT2D eigenvalue weighted by molar-refractivity contribution is -0.137. The topological polar surface area (TPSA) is 82.2 Å². The summed E-state index contributed by atoms with van der Waals surface area (Å²) < 4.78 is 40.3. The van der Waals surface area contributed by atoms with E-state index in [1.54, 1.807) is 0 Å². The van der Waals surface area contributed by atoms with E-state index in [0.29, 0.717) is 5.69 Å². The van der Waals surface area contributed by atoms with Crippen molar-refractivity contribution in [1.29, 1.82) is 0 Å². The number of imidazole rings is 1. The minimum atomic E-state index is -4.55. The Morgan fingerprint density at radius 3 is 2.53 bits per heavy atom. The van der Waals surface area contributed by atoms with Gasteiger partial charge in [-0.25, -0.2) is 9.98 Å². The fraction of sp³-hybridized carbons (Fsp3) is 0.0909. The summed E-state index contributed by atoms with van der Waals surface area (Å²) >= 11 is 0. The van der Waals surface area contributed by atoms with Crippen LogP contribution in [0.2, 0.25) is 0 Å². The van der Waals surface area contributed by atoms with Gasteiger partial charge in [0.05, 0.1) is 17.6 Å². The Morgan fingerprint density at radius 2 is 2.00 bits per heavy atom. The molecule has 0 atom stereocenters. The van der Waals surface area contributed by atoms with Crippen LogP contribution in [0.25, 0.3) is 5.69 Å². The van der Waals surface area contributed by atoms with E-state index in [9.17, 15) is 13.2 Å². The molecule has 8 heteroatoms. The molecule has 0 unspecified atom stereocenters. The van der Waals surface area contributed by atoms with Crippen molar-refractivity contribution in [2.24, 2.45) is 16.5 Å². The number of halogens is 3. The van der Waals surface area contributed by atoms with E-state index in [-0.39, 0.29) is 5.69 Å². The number of rotatable bonds is 2. The predicted molar refractivity (Wildman–Crippen MR) is 64.0 cm³/mol. The summed E-state index contributed by atoms with van der Waals surface area (Å²) in [6.45, 7) is 0. The average molecular weight is 269 g/mol. The van der Waals surface area contributed by atoms with Gasteiger partial charge < -0.3 is 16.0 Å². The van der Waals surface area contributed by atoms with E-state index < -0.39 is 17.7 Å². The molecular weight excluding hydrogens is 259 g/mol. The van der Waals surface area contributed by atoms with Gasteiger partial charge in [-0.15, -0.1) is 0 Å². The van der Waals surface area contributed by atoms with Gasteiger partial charge >= 0.3 is 6.18 Å². The van der Waals surface area contributed by atoms with Gasteiger partial charge in [0.1, 0.15) is 0 Å². The first-order valence-electron chi connectivity index (χ1n) is 5.17. The zero-order valence-corrected chi connectivity index (χ0v) is 9.59. The maximum Gasteiger partial charge on any atom is 0.418 e. The van der Waals surface area contributed by atoms with Crippen LogP contribution in [0.3, 0.4) is 0 Å². The Morgan fingerprint density at radius 1 is 1.26 bits per heavy atom. The molecule has 4 N–H and O–H groups in total. The van der Waals surface area contributed by atoms with Gasteiger partial charge in [0.15, 0.2) is 5.96 Å². The van der Waals surface area contributed by atoms with E-state index in [1.807, 2.05) is 0 Å². The van der Waals surface area contributed by atoms with Crippen LogP contribution >= 0.6 is 0 Å². The number of alkyl halides is 3. The summed E-state index contributed by atoms with van der Waals surface area (Å²) in [6, 6.07) is 3.64. The van der Waals surface area contributed by atoms with Gasteiger partial charge in [-0.2, -0.15) is 13.2 Å². The van der Waals surface area contributed by atoms with Gasteiger partial charge in [0.2, 0.25) is 0 Å². The molecule has 0 fully saturated rings. The quantitative estimate of drug-likeness (QED) is 0.644. The summed E-state index contributed by atoms with van der Waals surface area (Å²) in [7, 11) is 0. The second-order valence-electron chi connectivity index (χ2n) is 3.71. The Hall–Kier alpha value is -2.51. The molecule has 1 aromatic carbocycles. The van der Waals surface area contributed by atoms with Gasteiger partial charge in [-0.3, -0.25) is 0 Å². The molecule has 1 heterocycles. The van der Waals surface area contributed by atoms with Crippen LogP contribution in [0.4, 0.5) is 18.9 Å². The molecule has 0 radical (unpaired) electrons. The van der Waals surface area contributed by atoms with E-state index >= 15 is 0 Å². The van der Waals surface area contributed by atoms with E-state index in [1.165, 1.54) is 35.4 Å². The minimum absolute atomic E-state index is 0.319. The number of hydrogen-bond acceptors (Lipinski definition) is 2. The van der Waals surface area contributed by atoms with E-state index in [2.05, 4.69) is 9.98 Å². The number of nitrogens with two attached hydrogens (primary N) is 2. The summed E-state index contributed by atoms with van der Waals surface area (Å²) in [5.41, 5.74) is 9.31. The highest BCUT2D eigenvalue weighted by Gasteiger charge is 2.34. The molecule has 2 aromatic rings. The summed E-state index contributed by atoms with van der Waals surface area (Å²) in [4.78, 5) is 7.25. The van der Waals surface area contributed by atoms with Gasteiger partial charge in [0.25, 0.3) is 0 Å². The summed E-state index contributed by atoms with van der Waals surface area (Å²) in [5.74, 6) is -0.430. The lowest BCUT2D eigenvalue weighted by Gasteiger charge is -2.12. The molecule has 0 bridgehead atoms. The van der Waals surface area contributed by atoms with Crippen molar-refractivity contribution in [2.75, 3.05) is 0 Å². The highest BCUT2D eigenvalue weighted by atomic mass is 19.4. The molecule has 0 saturated carbocycles. The molecule has 5 nitrogen and oxygen atoms in total. The van der Waals surface area contributed by atoms with Crippen molar-refractivity contribution in [2.45, 2.75) is 6.18 Å². The molecular formula is C11H10F3N5. The fourth-order valence-corrected chi connectivity index (χ4v) is 1.56. The minimum Gasteiger partial charge on any atom is -0.370 e. The molecule has 19 heavy (non-hydrogen) atoms. The van der Waals surface area contributed by atoms with Gasteiger partial charge in [-0.1, -0.05) is 0 Å². The number of aromatic nitrogens is 2. The van der Waals surface area contributed by atoms with Gasteiger partial charge in [0, 0.05) is 18.1 Å². The molecule has 0 saturated heterocycles. The second-order valence-corrected chi connectivity index (χ2v) is 3.71. The van der Waals surface area contributed by atoms with Crippen molar-refractivity contribution >= 4 is 11.6 Å². The van der Waals surface area contributed by atoms with Gasteiger partial charge in [-0.05, 0) is 18.2 Å². The van der Waals surface area contributed by atoms with E-state index in [4.69, 9.17) is 11.5 Å². The van der Waals surface area contributed by atoms with Crippen LogP contribution in [0, 0.1) is 0 Å². The van der Waals surface area contributed by atoms with Crippen LogP contribution < -0.4 is 11.5 Å². The van der Waals surface area contributed by atoms with Crippen LogP contribution in [-0.2, 0) is 6.18 Å². The summed E-state index contributed by atoms with van der Waals surface area (Å²) in [6.07, 6.45) is -0.145. The molecule has 0 aliphatic heterocycles. The fourth-order valence-electron chi connectivity index (χ4n) is 1.56. The SMILES string of the molecule is NC(N)=Nc1ccc(-n2ccnc2)cc1C(F)(F)F. The monoisotopic (exact) mass is 269 g/mol. The largest absolute Gasteiger partial charge is 0.418 e. The molecule has 0 aliphatic carbocycles. The molecule has 1 aromatic heterocycles. The molecule has 100 valence electrons. The molecule has 0 amide bonds. The lowest BCUT2D eigenvalue weighted by atomic mass is 10.1. The first-order chi connectivity index (χ1) is 8.88. The third kappa shape index (κ3) is 2.84. The Bertz CT molecular complexity index is 597. The highest BCUT2D eigenvalue weighted by Crippen LogP contribution is 2.37. The maximum atomic E-state index is 12.9. The first-order valence-corrected chi connectivity index (χ1v) is 5.17. The number of guanidine groups is 1. The number of benzene rings is 1.